The lowest BCUT2D eigenvalue weighted by atomic mass is 10.0. The maximum absolute atomic E-state index is 13.9. The number of likely N-dealkylation sites (tertiary alicyclic amines) is 1. The zero-order valence-corrected chi connectivity index (χ0v) is 14.1. The van der Waals surface area contributed by atoms with Crippen molar-refractivity contribution < 1.29 is 9.18 Å². The van der Waals surface area contributed by atoms with E-state index in [1.165, 1.54) is 18.5 Å². The minimum absolute atomic E-state index is 0.167. The van der Waals surface area contributed by atoms with Crippen molar-refractivity contribution in [3.05, 3.63) is 48.1 Å². The van der Waals surface area contributed by atoms with Gasteiger partial charge in [-0.1, -0.05) is 6.92 Å². The van der Waals surface area contributed by atoms with Crippen LogP contribution in [0.3, 0.4) is 0 Å². The number of fused-ring (bicyclic) bond motifs is 1. The molecule has 2 aromatic heterocycles. The first-order valence-corrected chi connectivity index (χ1v) is 8.61. The summed E-state index contributed by atoms with van der Waals surface area (Å²) in [6.07, 6.45) is 8.05. The summed E-state index contributed by atoms with van der Waals surface area (Å²) in [7, 11) is 0. The van der Waals surface area contributed by atoms with E-state index in [1.807, 2.05) is 6.20 Å². The smallest absolute Gasteiger partial charge is 0.256 e. The number of imidazole rings is 2. The Bertz CT molecular complexity index is 915. The van der Waals surface area contributed by atoms with Crippen LogP contribution in [0.2, 0.25) is 0 Å². The van der Waals surface area contributed by atoms with Crippen LogP contribution in [0, 0.1) is 5.82 Å². The van der Waals surface area contributed by atoms with E-state index in [0.29, 0.717) is 29.7 Å². The lowest BCUT2D eigenvalue weighted by Crippen LogP contribution is -2.41. The molecule has 4 rings (SSSR count). The molecule has 130 valence electrons. The van der Waals surface area contributed by atoms with Gasteiger partial charge in [0.1, 0.15) is 17.2 Å². The maximum Gasteiger partial charge on any atom is 0.256 e. The van der Waals surface area contributed by atoms with E-state index in [-0.39, 0.29) is 11.9 Å². The van der Waals surface area contributed by atoms with Crippen LogP contribution in [0.15, 0.2) is 30.9 Å². The van der Waals surface area contributed by atoms with Gasteiger partial charge in [0.15, 0.2) is 0 Å². The first-order valence-electron chi connectivity index (χ1n) is 8.61. The molecule has 1 aliphatic rings. The van der Waals surface area contributed by atoms with E-state index in [4.69, 9.17) is 0 Å². The van der Waals surface area contributed by atoms with Gasteiger partial charge in [0.25, 0.3) is 5.91 Å². The van der Waals surface area contributed by atoms with E-state index in [0.717, 1.165) is 25.1 Å². The van der Waals surface area contributed by atoms with Gasteiger partial charge in [-0.25, -0.2) is 14.4 Å². The number of aromatic nitrogens is 4. The Labute approximate surface area is 144 Å². The Morgan fingerprint density at radius 2 is 2.28 bits per heavy atom. The number of halogens is 1. The fraction of sp³-hybridized carbons (Fsp3) is 0.389. The molecule has 6 nitrogen and oxygen atoms in total. The molecule has 1 saturated heterocycles. The van der Waals surface area contributed by atoms with Crippen molar-refractivity contribution in [3.8, 4) is 0 Å². The average Bonchev–Trinajstić information content (AvgIpc) is 3.29. The molecule has 3 heterocycles. The summed E-state index contributed by atoms with van der Waals surface area (Å²) in [6, 6.07) is 2.85. The zero-order valence-electron chi connectivity index (χ0n) is 14.1. The molecule has 1 fully saturated rings. The molecule has 0 bridgehead atoms. The molecule has 0 saturated carbocycles. The predicted octanol–water partition coefficient (Wildman–Crippen LogP) is 2.94. The highest BCUT2D eigenvalue weighted by molar-refractivity contribution is 6.04. The maximum atomic E-state index is 13.9. The fourth-order valence-corrected chi connectivity index (χ4v) is 3.66. The monoisotopic (exact) mass is 341 g/mol. The number of H-pyrrole nitrogens is 1. The Kier molecular flexibility index (Phi) is 3.99. The third kappa shape index (κ3) is 2.79. The third-order valence-electron chi connectivity index (χ3n) is 4.86. The highest BCUT2D eigenvalue weighted by Crippen LogP contribution is 2.26. The number of amides is 1. The second-order valence-corrected chi connectivity index (χ2v) is 6.40. The van der Waals surface area contributed by atoms with Gasteiger partial charge in [-0.3, -0.25) is 4.79 Å². The van der Waals surface area contributed by atoms with E-state index in [9.17, 15) is 9.18 Å². The minimum Gasteiger partial charge on any atom is -0.344 e. The number of rotatable bonds is 3. The van der Waals surface area contributed by atoms with Crippen LogP contribution < -0.4 is 0 Å². The van der Waals surface area contributed by atoms with Crippen LogP contribution in [-0.4, -0.2) is 43.4 Å². The highest BCUT2D eigenvalue weighted by atomic mass is 19.1. The van der Waals surface area contributed by atoms with Gasteiger partial charge in [-0.15, -0.1) is 0 Å². The molecule has 0 aliphatic carbocycles. The van der Waals surface area contributed by atoms with Gasteiger partial charge < -0.3 is 14.5 Å². The van der Waals surface area contributed by atoms with E-state index in [1.54, 1.807) is 11.1 Å². The van der Waals surface area contributed by atoms with Gasteiger partial charge in [0.2, 0.25) is 0 Å². The number of nitrogens with zero attached hydrogens (tertiary/aromatic N) is 4. The van der Waals surface area contributed by atoms with Gasteiger partial charge in [-0.05, 0) is 25.0 Å². The van der Waals surface area contributed by atoms with E-state index in [2.05, 4.69) is 26.4 Å². The zero-order chi connectivity index (χ0) is 17.4. The molecule has 7 heteroatoms. The van der Waals surface area contributed by atoms with Crippen molar-refractivity contribution in [2.45, 2.75) is 32.2 Å². The highest BCUT2D eigenvalue weighted by Gasteiger charge is 2.28. The van der Waals surface area contributed by atoms with Crippen LogP contribution >= 0.6 is 0 Å². The summed E-state index contributed by atoms with van der Waals surface area (Å²) in [5, 5.41) is 0. The summed E-state index contributed by atoms with van der Waals surface area (Å²) >= 11 is 0. The molecule has 1 unspecified atom stereocenters. The lowest BCUT2D eigenvalue weighted by Gasteiger charge is -2.34. The summed E-state index contributed by atoms with van der Waals surface area (Å²) in [4.78, 5) is 26.3. The Morgan fingerprint density at radius 1 is 1.40 bits per heavy atom. The molecule has 25 heavy (non-hydrogen) atoms. The number of nitrogens with one attached hydrogen (secondary N) is 1. The van der Waals surface area contributed by atoms with Crippen LogP contribution in [0.25, 0.3) is 11.0 Å². The molecule has 1 atom stereocenters. The van der Waals surface area contributed by atoms with Crippen molar-refractivity contribution in [2.75, 3.05) is 13.1 Å². The van der Waals surface area contributed by atoms with Crippen LogP contribution in [-0.2, 0) is 6.42 Å². The minimum atomic E-state index is -0.434. The number of hydrogen-bond acceptors (Lipinski definition) is 3. The molecule has 0 spiro atoms. The molecule has 1 amide bonds. The van der Waals surface area contributed by atoms with E-state index >= 15 is 0 Å². The molecular weight excluding hydrogens is 321 g/mol. The number of hydrogen-bond donors (Lipinski definition) is 1. The first-order chi connectivity index (χ1) is 12.2. The van der Waals surface area contributed by atoms with Gasteiger partial charge >= 0.3 is 0 Å². The second kappa shape index (κ2) is 6.31. The molecule has 1 aliphatic heterocycles. The van der Waals surface area contributed by atoms with Crippen molar-refractivity contribution in [1.82, 2.24) is 24.4 Å². The molecule has 0 radical (unpaired) electrons. The second-order valence-electron chi connectivity index (χ2n) is 6.40. The molecular formula is C18H20FN5O. The van der Waals surface area contributed by atoms with Gasteiger partial charge in [0, 0.05) is 31.9 Å². The lowest BCUT2D eigenvalue weighted by molar-refractivity contribution is 0.0679. The number of carbonyl (C=O) groups is 1. The van der Waals surface area contributed by atoms with Crippen molar-refractivity contribution >= 4 is 16.9 Å². The largest absolute Gasteiger partial charge is 0.344 e. The predicted molar refractivity (Wildman–Crippen MR) is 91.8 cm³/mol. The fourth-order valence-electron chi connectivity index (χ4n) is 3.66. The van der Waals surface area contributed by atoms with Crippen LogP contribution in [0.5, 0.6) is 0 Å². The summed E-state index contributed by atoms with van der Waals surface area (Å²) in [6.45, 7) is 3.35. The molecule has 1 aromatic carbocycles. The quantitative estimate of drug-likeness (QED) is 0.796. The average molecular weight is 341 g/mol. The van der Waals surface area contributed by atoms with Crippen molar-refractivity contribution in [3.63, 3.8) is 0 Å². The number of aromatic amines is 1. The number of aryl methyl sites for hydroxylation is 1. The molecule has 3 aromatic rings. The van der Waals surface area contributed by atoms with E-state index < -0.39 is 5.82 Å². The SMILES string of the molecule is CCc1nccn1C1CCCN(C(=O)c2cc(F)cc3[nH]cnc23)C1. The van der Waals surface area contributed by atoms with Crippen molar-refractivity contribution in [1.29, 1.82) is 0 Å². The Morgan fingerprint density at radius 3 is 3.12 bits per heavy atom. The normalized spacial score (nSPS) is 18.0. The van der Waals surface area contributed by atoms with Gasteiger partial charge in [0.05, 0.1) is 23.4 Å². The summed E-state index contributed by atoms with van der Waals surface area (Å²) in [5.74, 6) is 0.427. The Hall–Kier alpha value is -2.70. The Balaban J connectivity index is 1.62. The number of benzene rings is 1. The third-order valence-corrected chi connectivity index (χ3v) is 4.86. The molecule has 1 N–H and O–H groups in total. The van der Waals surface area contributed by atoms with Crippen molar-refractivity contribution in [2.24, 2.45) is 0 Å². The summed E-state index contributed by atoms with van der Waals surface area (Å²) in [5.41, 5.74) is 1.38. The number of piperidine rings is 1. The standard InChI is InChI=1S/C18H20FN5O/c1-2-16-20-5-7-24(16)13-4-3-6-23(10-13)18(25)14-8-12(19)9-15-17(14)22-11-21-15/h5,7-9,11,13H,2-4,6,10H2,1H3,(H,21,22). The van der Waals surface area contributed by atoms with Gasteiger partial charge in [-0.2, -0.15) is 0 Å². The summed E-state index contributed by atoms with van der Waals surface area (Å²) < 4.78 is 16.0. The topological polar surface area (TPSA) is 66.8 Å². The number of carbonyl (C=O) groups excluding carboxylic acids is 1. The van der Waals surface area contributed by atoms with Crippen LogP contribution in [0.4, 0.5) is 4.39 Å². The van der Waals surface area contributed by atoms with Crippen LogP contribution in [0.1, 0.15) is 42.0 Å². The first kappa shape index (κ1) is 15.8.